The summed E-state index contributed by atoms with van der Waals surface area (Å²) in [5, 5.41) is 10.3. The molecule has 0 aromatic carbocycles. The van der Waals surface area contributed by atoms with Crippen molar-refractivity contribution in [2.75, 3.05) is 25.0 Å². The minimum absolute atomic E-state index is 0.00925. The van der Waals surface area contributed by atoms with Crippen LogP contribution in [0.3, 0.4) is 0 Å². The smallest absolute Gasteiger partial charge is 0.333 e. The summed E-state index contributed by atoms with van der Waals surface area (Å²) in [7, 11) is 0. The molecule has 0 atom stereocenters. The van der Waals surface area contributed by atoms with Crippen LogP contribution in [-0.4, -0.2) is 41.4 Å². The van der Waals surface area contributed by atoms with Crippen LogP contribution in [0.4, 0.5) is 5.69 Å². The molecule has 1 fully saturated rings. The van der Waals surface area contributed by atoms with Gasteiger partial charge >= 0.3 is 5.97 Å². The van der Waals surface area contributed by atoms with Crippen molar-refractivity contribution >= 4 is 17.6 Å². The fourth-order valence-corrected chi connectivity index (χ4v) is 2.42. The average Bonchev–Trinajstić information content (AvgIpc) is 2.97. The fourth-order valence-electron chi connectivity index (χ4n) is 2.42. The van der Waals surface area contributed by atoms with Gasteiger partial charge in [0.05, 0.1) is 18.5 Å². The molecule has 0 radical (unpaired) electrons. The number of nitrogens with zero attached hydrogens (tertiary/aromatic N) is 2. The molecule has 1 amide bonds. The minimum Gasteiger partial charge on any atom is -0.464 e. The zero-order chi connectivity index (χ0) is 16.2. The summed E-state index contributed by atoms with van der Waals surface area (Å²) in [6, 6.07) is 0. The van der Waals surface area contributed by atoms with Gasteiger partial charge in [-0.25, -0.2) is 4.79 Å². The molecule has 0 spiro atoms. The second kappa shape index (κ2) is 6.91. The second-order valence-electron chi connectivity index (χ2n) is 5.97. The lowest BCUT2D eigenvalue weighted by Crippen LogP contribution is -2.37. The average molecular weight is 308 g/mol. The molecule has 0 aliphatic carbocycles. The quantitative estimate of drug-likeness (QED) is 0.796. The highest BCUT2D eigenvalue weighted by molar-refractivity contribution is 5.92. The van der Waals surface area contributed by atoms with Crippen LogP contribution in [0.1, 0.15) is 33.6 Å². The number of ether oxygens (including phenoxy) is 1. The van der Waals surface area contributed by atoms with Crippen LogP contribution in [0.25, 0.3) is 0 Å². The molecular weight excluding hydrogens is 284 g/mol. The number of hydrogen-bond acceptors (Lipinski definition) is 5. The highest BCUT2D eigenvalue weighted by Crippen LogP contribution is 2.20. The van der Waals surface area contributed by atoms with Crippen molar-refractivity contribution in [3.8, 4) is 0 Å². The molecule has 1 aromatic rings. The summed E-state index contributed by atoms with van der Waals surface area (Å²) >= 11 is 0. The summed E-state index contributed by atoms with van der Waals surface area (Å²) in [5.74, 6) is -0.313. The van der Waals surface area contributed by atoms with Gasteiger partial charge in [0, 0.05) is 12.1 Å². The number of nitrogens with one attached hydrogen (secondary N) is 2. The summed E-state index contributed by atoms with van der Waals surface area (Å²) in [5.41, 5.74) is -0.311. The molecule has 0 bridgehead atoms. The number of carbonyl (C=O) groups is 2. The third-order valence-electron chi connectivity index (χ3n) is 3.91. The van der Waals surface area contributed by atoms with Crippen LogP contribution >= 0.6 is 0 Å². The first-order chi connectivity index (χ1) is 10.4. The molecule has 2 N–H and O–H groups in total. The molecule has 1 aliphatic rings. The van der Waals surface area contributed by atoms with Crippen LogP contribution in [0, 0.1) is 5.92 Å². The number of rotatable bonds is 5. The maximum absolute atomic E-state index is 12.2. The van der Waals surface area contributed by atoms with Gasteiger partial charge in [0.25, 0.3) is 0 Å². The molecule has 2 rings (SSSR count). The standard InChI is InChI=1S/C15H24N4O3/c1-4-22-14(21)15(2,3)19-10-12(9-17-19)18-13(20)11-5-7-16-8-6-11/h9-11,16H,4-8H2,1-3H3,(H,18,20). The van der Waals surface area contributed by atoms with Crippen LogP contribution in [0.5, 0.6) is 0 Å². The van der Waals surface area contributed by atoms with Crippen molar-refractivity contribution in [2.24, 2.45) is 5.92 Å². The first-order valence-corrected chi connectivity index (χ1v) is 7.69. The summed E-state index contributed by atoms with van der Waals surface area (Å²) in [6.45, 7) is 7.29. The Morgan fingerprint density at radius 2 is 2.14 bits per heavy atom. The van der Waals surface area contributed by atoms with E-state index < -0.39 is 5.54 Å². The van der Waals surface area contributed by atoms with Gasteiger partial charge in [-0.15, -0.1) is 0 Å². The molecule has 7 heteroatoms. The maximum atomic E-state index is 12.2. The molecule has 2 heterocycles. The van der Waals surface area contributed by atoms with Crippen molar-refractivity contribution < 1.29 is 14.3 Å². The van der Waals surface area contributed by atoms with Gasteiger partial charge in [-0.2, -0.15) is 5.10 Å². The molecule has 22 heavy (non-hydrogen) atoms. The SMILES string of the molecule is CCOC(=O)C(C)(C)n1cc(NC(=O)C2CCNCC2)cn1. The van der Waals surface area contributed by atoms with Crippen LogP contribution in [0.2, 0.25) is 0 Å². The Balaban J connectivity index is 2.01. The van der Waals surface area contributed by atoms with Crippen LogP contribution in [0.15, 0.2) is 12.4 Å². The van der Waals surface area contributed by atoms with E-state index in [1.165, 1.54) is 4.68 Å². The van der Waals surface area contributed by atoms with Crippen LogP contribution < -0.4 is 10.6 Å². The number of hydrogen-bond donors (Lipinski definition) is 2. The van der Waals surface area contributed by atoms with Gasteiger partial charge in [0.15, 0.2) is 5.54 Å². The van der Waals surface area contributed by atoms with E-state index in [1.54, 1.807) is 33.2 Å². The van der Waals surface area contributed by atoms with Crippen molar-refractivity contribution in [1.29, 1.82) is 0 Å². The van der Waals surface area contributed by atoms with E-state index in [-0.39, 0.29) is 17.8 Å². The number of aromatic nitrogens is 2. The fraction of sp³-hybridized carbons (Fsp3) is 0.667. The number of piperidine rings is 1. The number of esters is 1. The summed E-state index contributed by atoms with van der Waals surface area (Å²) in [4.78, 5) is 24.2. The summed E-state index contributed by atoms with van der Waals surface area (Å²) < 4.78 is 6.57. The van der Waals surface area contributed by atoms with Crippen molar-refractivity contribution in [3.05, 3.63) is 12.4 Å². The number of carbonyl (C=O) groups excluding carboxylic acids is 2. The molecule has 7 nitrogen and oxygen atoms in total. The van der Waals surface area contributed by atoms with Crippen molar-refractivity contribution in [2.45, 2.75) is 39.2 Å². The predicted octanol–water partition coefficient (Wildman–Crippen LogP) is 1.12. The lowest BCUT2D eigenvalue weighted by molar-refractivity contribution is -0.152. The molecule has 1 aromatic heterocycles. The minimum atomic E-state index is -0.909. The highest BCUT2D eigenvalue weighted by Gasteiger charge is 2.32. The van der Waals surface area contributed by atoms with E-state index in [0.717, 1.165) is 25.9 Å². The van der Waals surface area contributed by atoms with E-state index in [9.17, 15) is 9.59 Å². The van der Waals surface area contributed by atoms with Crippen molar-refractivity contribution in [1.82, 2.24) is 15.1 Å². The Labute approximate surface area is 130 Å². The molecule has 0 saturated carbocycles. The van der Waals surface area contributed by atoms with E-state index in [0.29, 0.717) is 12.3 Å². The van der Waals surface area contributed by atoms with Crippen molar-refractivity contribution in [3.63, 3.8) is 0 Å². The highest BCUT2D eigenvalue weighted by atomic mass is 16.5. The first kappa shape index (κ1) is 16.5. The van der Waals surface area contributed by atoms with Crippen LogP contribution in [-0.2, 0) is 19.9 Å². The Bertz CT molecular complexity index is 533. The molecule has 122 valence electrons. The second-order valence-corrected chi connectivity index (χ2v) is 5.97. The molecule has 0 unspecified atom stereocenters. The molecule has 1 aliphatic heterocycles. The van der Waals surface area contributed by atoms with E-state index >= 15 is 0 Å². The van der Waals surface area contributed by atoms with Gasteiger partial charge in [0.2, 0.25) is 5.91 Å². The van der Waals surface area contributed by atoms with Gasteiger partial charge in [0.1, 0.15) is 0 Å². The lowest BCUT2D eigenvalue weighted by atomic mass is 9.97. The maximum Gasteiger partial charge on any atom is 0.333 e. The van der Waals surface area contributed by atoms with E-state index in [2.05, 4.69) is 15.7 Å². The summed E-state index contributed by atoms with van der Waals surface area (Å²) in [6.07, 6.45) is 4.90. The largest absolute Gasteiger partial charge is 0.464 e. The molecular formula is C15H24N4O3. The van der Waals surface area contributed by atoms with Gasteiger partial charge in [-0.1, -0.05) is 0 Å². The predicted molar refractivity (Wildman–Crippen MR) is 82.4 cm³/mol. The Morgan fingerprint density at radius 1 is 1.45 bits per heavy atom. The number of anilines is 1. The Morgan fingerprint density at radius 3 is 2.77 bits per heavy atom. The first-order valence-electron chi connectivity index (χ1n) is 7.69. The van der Waals surface area contributed by atoms with Gasteiger partial charge < -0.3 is 15.4 Å². The number of amides is 1. The molecule has 1 saturated heterocycles. The zero-order valence-corrected chi connectivity index (χ0v) is 13.4. The monoisotopic (exact) mass is 308 g/mol. The van der Waals surface area contributed by atoms with Gasteiger partial charge in [-0.3, -0.25) is 9.48 Å². The third-order valence-corrected chi connectivity index (χ3v) is 3.91. The Kier molecular flexibility index (Phi) is 5.18. The Hall–Kier alpha value is -1.89. The van der Waals surface area contributed by atoms with E-state index in [1.807, 2.05) is 0 Å². The topological polar surface area (TPSA) is 85.2 Å². The van der Waals surface area contributed by atoms with Gasteiger partial charge in [-0.05, 0) is 46.7 Å². The third kappa shape index (κ3) is 3.65. The lowest BCUT2D eigenvalue weighted by Gasteiger charge is -2.23. The zero-order valence-electron chi connectivity index (χ0n) is 13.4. The van der Waals surface area contributed by atoms with E-state index in [4.69, 9.17) is 4.74 Å². The normalized spacial score (nSPS) is 16.3.